The van der Waals surface area contributed by atoms with Crippen molar-refractivity contribution in [3.63, 3.8) is 0 Å². The number of aromatic nitrogens is 3. The summed E-state index contributed by atoms with van der Waals surface area (Å²) >= 11 is 8.31. The fourth-order valence-electron chi connectivity index (χ4n) is 6.46. The van der Waals surface area contributed by atoms with Crippen LogP contribution in [-0.4, -0.2) is 15.0 Å². The Kier molecular flexibility index (Phi) is 6.37. The predicted molar refractivity (Wildman–Crippen MR) is 194 cm³/mol. The Hall–Kier alpha value is -5.42. The quantitative estimate of drug-likeness (QED) is 0.195. The summed E-state index contributed by atoms with van der Waals surface area (Å²) in [5.74, 6) is 1.10. The molecule has 0 saturated heterocycles. The van der Waals surface area contributed by atoms with Gasteiger partial charge in [0.25, 0.3) is 0 Å². The van der Waals surface area contributed by atoms with Crippen LogP contribution in [-0.2, 0) is 0 Å². The lowest BCUT2D eigenvalue weighted by atomic mass is 9.92. The summed E-state index contributed by atoms with van der Waals surface area (Å²) in [4.78, 5) is 14.0. The Morgan fingerprint density at radius 2 is 0.957 bits per heavy atom. The molecule has 2 aromatic heterocycles. The Bertz CT molecular complexity index is 2620. The molecule has 0 aliphatic carbocycles. The van der Waals surface area contributed by atoms with Gasteiger partial charge in [0, 0.05) is 31.3 Å². The summed E-state index contributed by atoms with van der Waals surface area (Å²) in [6.07, 6.45) is 0. The largest absolute Gasteiger partial charge is 0.226 e. The molecule has 5 heteroatoms. The third-order valence-corrected chi connectivity index (χ3v) is 9.98. The van der Waals surface area contributed by atoms with Crippen LogP contribution in [0.5, 0.6) is 0 Å². The smallest absolute Gasteiger partial charge is 0.208 e. The number of fused-ring (bicyclic) bond motifs is 5. The molecule has 7 aromatic carbocycles. The molecule has 0 unspecified atom stereocenters. The Morgan fingerprint density at radius 3 is 1.80 bits per heavy atom. The highest BCUT2D eigenvalue weighted by atomic mass is 35.5. The summed E-state index contributed by atoms with van der Waals surface area (Å²) in [5.41, 5.74) is 6.45. The standard InChI is InChI=1S/C41H24ClN3S/c42-41-44-39(43-40(45-41)30-20-21-38-36(24-30)34-14-3-4-17-37(34)46-38)29-12-5-11-27(22-29)28-19-18-26-10-7-16-33(35(26)23-28)32-15-6-9-25-8-1-2-13-31(25)32/h1-24H. The van der Waals surface area contributed by atoms with Gasteiger partial charge in [0.1, 0.15) is 0 Å². The van der Waals surface area contributed by atoms with Crippen LogP contribution in [0.2, 0.25) is 5.28 Å². The molecule has 9 rings (SSSR count). The highest BCUT2D eigenvalue weighted by Crippen LogP contribution is 2.38. The minimum absolute atomic E-state index is 0.172. The number of hydrogen-bond acceptors (Lipinski definition) is 4. The van der Waals surface area contributed by atoms with E-state index in [0.29, 0.717) is 11.6 Å². The fraction of sp³-hybridized carbons (Fsp3) is 0. The fourth-order valence-corrected chi connectivity index (χ4v) is 7.71. The van der Waals surface area contributed by atoms with Crippen LogP contribution in [0.3, 0.4) is 0 Å². The van der Waals surface area contributed by atoms with E-state index in [1.54, 1.807) is 11.3 Å². The minimum Gasteiger partial charge on any atom is -0.208 e. The molecule has 0 radical (unpaired) electrons. The molecule has 2 heterocycles. The van der Waals surface area contributed by atoms with Crippen LogP contribution in [0, 0.1) is 0 Å². The van der Waals surface area contributed by atoms with Gasteiger partial charge >= 0.3 is 0 Å². The van der Waals surface area contributed by atoms with E-state index in [9.17, 15) is 0 Å². The third-order valence-electron chi connectivity index (χ3n) is 8.66. The summed E-state index contributed by atoms with van der Waals surface area (Å²) in [6, 6.07) is 51.4. The molecular formula is C41H24ClN3S. The summed E-state index contributed by atoms with van der Waals surface area (Å²) in [6.45, 7) is 0. The number of nitrogens with zero attached hydrogens (tertiary/aromatic N) is 3. The molecule has 0 saturated carbocycles. The van der Waals surface area contributed by atoms with Crippen molar-refractivity contribution >= 4 is 64.7 Å². The average Bonchev–Trinajstić information content (AvgIpc) is 3.49. The van der Waals surface area contributed by atoms with Crippen molar-refractivity contribution < 1.29 is 0 Å². The zero-order chi connectivity index (χ0) is 30.6. The van der Waals surface area contributed by atoms with Gasteiger partial charge < -0.3 is 0 Å². The van der Waals surface area contributed by atoms with Gasteiger partial charge in [0.2, 0.25) is 5.28 Å². The van der Waals surface area contributed by atoms with Crippen LogP contribution in [0.25, 0.3) is 86.7 Å². The highest BCUT2D eigenvalue weighted by Gasteiger charge is 2.14. The van der Waals surface area contributed by atoms with Crippen molar-refractivity contribution in [1.82, 2.24) is 15.0 Å². The van der Waals surface area contributed by atoms with E-state index in [0.717, 1.165) is 22.3 Å². The first-order chi connectivity index (χ1) is 22.7. The van der Waals surface area contributed by atoms with E-state index in [1.165, 1.54) is 52.8 Å². The Balaban J connectivity index is 1.13. The normalized spacial score (nSPS) is 11.6. The van der Waals surface area contributed by atoms with Crippen molar-refractivity contribution in [2.24, 2.45) is 0 Å². The predicted octanol–water partition coefficient (Wildman–Crippen LogP) is 11.9. The zero-order valence-electron chi connectivity index (χ0n) is 24.5. The molecule has 46 heavy (non-hydrogen) atoms. The van der Waals surface area contributed by atoms with E-state index < -0.39 is 0 Å². The van der Waals surface area contributed by atoms with Crippen molar-refractivity contribution in [2.75, 3.05) is 0 Å². The Labute approximate surface area is 274 Å². The number of thiophene rings is 1. The van der Waals surface area contributed by atoms with Crippen LogP contribution in [0.15, 0.2) is 146 Å². The molecule has 0 N–H and O–H groups in total. The second-order valence-electron chi connectivity index (χ2n) is 11.4. The molecular weight excluding hydrogens is 602 g/mol. The van der Waals surface area contributed by atoms with Gasteiger partial charge in [-0.05, 0) is 91.8 Å². The second-order valence-corrected chi connectivity index (χ2v) is 12.8. The number of hydrogen-bond donors (Lipinski definition) is 0. The lowest BCUT2D eigenvalue weighted by molar-refractivity contribution is 1.07. The minimum atomic E-state index is 0.172. The van der Waals surface area contributed by atoms with Gasteiger partial charge in [-0.1, -0.05) is 109 Å². The Morgan fingerprint density at radius 1 is 0.391 bits per heavy atom. The summed E-state index contributed by atoms with van der Waals surface area (Å²) in [7, 11) is 0. The molecule has 216 valence electrons. The third kappa shape index (κ3) is 4.62. The van der Waals surface area contributed by atoms with Crippen LogP contribution in [0.1, 0.15) is 0 Å². The van der Waals surface area contributed by atoms with Crippen molar-refractivity contribution in [3.05, 3.63) is 151 Å². The topological polar surface area (TPSA) is 38.7 Å². The zero-order valence-corrected chi connectivity index (χ0v) is 26.1. The van der Waals surface area contributed by atoms with Gasteiger partial charge in [-0.15, -0.1) is 11.3 Å². The molecule has 0 atom stereocenters. The average molecular weight is 626 g/mol. The van der Waals surface area contributed by atoms with Gasteiger partial charge in [0.15, 0.2) is 11.6 Å². The van der Waals surface area contributed by atoms with Crippen LogP contribution in [0.4, 0.5) is 0 Å². The maximum Gasteiger partial charge on any atom is 0.226 e. The van der Waals surface area contributed by atoms with Crippen molar-refractivity contribution in [2.45, 2.75) is 0 Å². The molecule has 0 aliphatic heterocycles. The van der Waals surface area contributed by atoms with Gasteiger partial charge in [-0.2, -0.15) is 9.97 Å². The monoisotopic (exact) mass is 625 g/mol. The van der Waals surface area contributed by atoms with Crippen LogP contribution < -0.4 is 0 Å². The van der Waals surface area contributed by atoms with E-state index in [2.05, 4.69) is 143 Å². The molecule has 0 bridgehead atoms. The molecule has 9 aromatic rings. The summed E-state index contributed by atoms with van der Waals surface area (Å²) < 4.78 is 2.50. The second kappa shape index (κ2) is 10.9. The lowest BCUT2D eigenvalue weighted by Crippen LogP contribution is -1.97. The first kappa shape index (κ1) is 26.9. The summed E-state index contributed by atoms with van der Waals surface area (Å²) in [5, 5.41) is 7.50. The van der Waals surface area contributed by atoms with Gasteiger partial charge in [0.05, 0.1) is 0 Å². The van der Waals surface area contributed by atoms with E-state index in [1.807, 2.05) is 12.1 Å². The van der Waals surface area contributed by atoms with E-state index in [4.69, 9.17) is 16.6 Å². The highest BCUT2D eigenvalue weighted by molar-refractivity contribution is 7.25. The molecule has 0 fully saturated rings. The number of halogens is 1. The molecule has 0 spiro atoms. The number of benzene rings is 7. The first-order valence-electron chi connectivity index (χ1n) is 15.1. The molecule has 3 nitrogen and oxygen atoms in total. The SMILES string of the molecule is Clc1nc(-c2cccc(-c3ccc4cccc(-c5cccc6ccccc56)c4c3)c2)nc(-c2ccc3sc4ccccc4c3c2)n1. The maximum absolute atomic E-state index is 6.52. The van der Waals surface area contributed by atoms with Crippen LogP contribution >= 0.6 is 22.9 Å². The van der Waals surface area contributed by atoms with Gasteiger partial charge in [-0.25, -0.2) is 4.98 Å². The van der Waals surface area contributed by atoms with E-state index in [-0.39, 0.29) is 5.28 Å². The van der Waals surface area contributed by atoms with Crippen molar-refractivity contribution in [1.29, 1.82) is 0 Å². The molecule has 0 amide bonds. The van der Waals surface area contributed by atoms with Crippen molar-refractivity contribution in [3.8, 4) is 45.0 Å². The molecule has 0 aliphatic rings. The maximum atomic E-state index is 6.52. The van der Waals surface area contributed by atoms with Gasteiger partial charge in [-0.3, -0.25) is 0 Å². The van der Waals surface area contributed by atoms with E-state index >= 15 is 0 Å². The lowest BCUT2D eigenvalue weighted by Gasteiger charge is -2.12. The first-order valence-corrected chi connectivity index (χ1v) is 16.3. The number of rotatable bonds is 4.